The molecule has 0 atom stereocenters. The average Bonchev–Trinajstić information content (AvgIpc) is 2.43. The Hall–Kier alpha value is -1.19. The predicted molar refractivity (Wildman–Crippen MR) is 72.0 cm³/mol. The number of carbonyl (C=O) groups excluding carboxylic acids is 1. The summed E-state index contributed by atoms with van der Waals surface area (Å²) in [5.41, 5.74) is 3.57. The number of nitrogens with one attached hydrogen (secondary N) is 1. The molecule has 0 saturated carbocycles. The van der Waals surface area contributed by atoms with Gasteiger partial charge >= 0.3 is 0 Å². The molecule has 0 unspecified atom stereocenters. The van der Waals surface area contributed by atoms with Gasteiger partial charge in [-0.2, -0.15) is 0 Å². The Labute approximate surface area is 108 Å². The van der Waals surface area contributed by atoms with E-state index in [1.165, 1.54) is 24.0 Å². The average molecular weight is 247 g/mol. The number of aryl methyl sites for hydroxylation is 2. The molecule has 0 bridgehead atoms. The number of rotatable bonds is 6. The largest absolute Gasteiger partial charge is 0.396 e. The molecule has 0 aromatic heterocycles. The van der Waals surface area contributed by atoms with Crippen LogP contribution in [0.5, 0.6) is 0 Å². The van der Waals surface area contributed by atoms with Crippen LogP contribution in [0.25, 0.3) is 0 Å². The van der Waals surface area contributed by atoms with Crippen LogP contribution >= 0.6 is 0 Å². The first-order chi connectivity index (χ1) is 8.81. The van der Waals surface area contributed by atoms with Crippen molar-refractivity contribution in [2.45, 2.75) is 32.1 Å². The Balaban J connectivity index is 1.94. The third kappa shape index (κ3) is 3.40. The summed E-state index contributed by atoms with van der Waals surface area (Å²) in [5, 5.41) is 11.7. The molecule has 0 radical (unpaired) electrons. The fourth-order valence-corrected chi connectivity index (χ4v) is 2.41. The van der Waals surface area contributed by atoms with Crippen LogP contribution in [-0.4, -0.2) is 30.6 Å². The first-order valence-corrected chi connectivity index (χ1v) is 6.78. The molecule has 0 amide bonds. The fourth-order valence-electron chi connectivity index (χ4n) is 2.41. The number of benzene rings is 1. The van der Waals surface area contributed by atoms with Crippen molar-refractivity contribution in [3.05, 3.63) is 34.9 Å². The Morgan fingerprint density at radius 3 is 2.78 bits per heavy atom. The maximum absolute atomic E-state index is 12.0. The van der Waals surface area contributed by atoms with Crippen molar-refractivity contribution >= 4 is 5.78 Å². The normalized spacial score (nSPS) is 14.3. The molecule has 0 spiro atoms. The number of hydrogen-bond acceptors (Lipinski definition) is 3. The van der Waals surface area contributed by atoms with Crippen molar-refractivity contribution in [1.82, 2.24) is 5.32 Å². The SMILES string of the molecule is O=C(CNCCCO)c1ccc2c(c1)CCCC2. The lowest BCUT2D eigenvalue weighted by Gasteiger charge is -2.16. The van der Waals surface area contributed by atoms with Crippen molar-refractivity contribution in [3.63, 3.8) is 0 Å². The summed E-state index contributed by atoms with van der Waals surface area (Å²) in [7, 11) is 0. The van der Waals surface area contributed by atoms with Gasteiger partial charge in [-0.25, -0.2) is 0 Å². The van der Waals surface area contributed by atoms with Crippen molar-refractivity contribution in [2.75, 3.05) is 19.7 Å². The molecule has 1 aliphatic carbocycles. The first kappa shape index (κ1) is 13.2. The lowest BCUT2D eigenvalue weighted by molar-refractivity contribution is 0.0990. The molecule has 0 saturated heterocycles. The van der Waals surface area contributed by atoms with E-state index >= 15 is 0 Å². The third-order valence-electron chi connectivity index (χ3n) is 3.47. The maximum atomic E-state index is 12.0. The predicted octanol–water partition coefficient (Wildman–Crippen LogP) is 1.72. The van der Waals surface area contributed by atoms with E-state index in [4.69, 9.17) is 5.11 Å². The summed E-state index contributed by atoms with van der Waals surface area (Å²) < 4.78 is 0. The van der Waals surface area contributed by atoms with Gasteiger partial charge in [0.25, 0.3) is 0 Å². The molecule has 1 aromatic carbocycles. The molecule has 18 heavy (non-hydrogen) atoms. The third-order valence-corrected chi connectivity index (χ3v) is 3.47. The van der Waals surface area contributed by atoms with E-state index in [2.05, 4.69) is 17.4 Å². The van der Waals surface area contributed by atoms with E-state index in [9.17, 15) is 4.79 Å². The minimum absolute atomic E-state index is 0.140. The summed E-state index contributed by atoms with van der Waals surface area (Å²) in [4.78, 5) is 12.0. The lowest BCUT2D eigenvalue weighted by atomic mass is 9.90. The highest BCUT2D eigenvalue weighted by Crippen LogP contribution is 2.22. The summed E-state index contributed by atoms with van der Waals surface area (Å²) in [5.74, 6) is 0.140. The molecule has 3 nitrogen and oxygen atoms in total. The van der Waals surface area contributed by atoms with Crippen LogP contribution in [0, 0.1) is 0 Å². The van der Waals surface area contributed by atoms with Gasteiger partial charge in [-0.05, 0) is 55.8 Å². The van der Waals surface area contributed by atoms with Gasteiger partial charge in [-0.3, -0.25) is 4.79 Å². The van der Waals surface area contributed by atoms with Crippen molar-refractivity contribution in [3.8, 4) is 0 Å². The number of hydrogen-bond donors (Lipinski definition) is 2. The molecule has 0 aliphatic heterocycles. The molecular weight excluding hydrogens is 226 g/mol. The molecular formula is C15H21NO2. The number of fused-ring (bicyclic) bond motifs is 1. The molecule has 3 heteroatoms. The number of aliphatic hydroxyl groups is 1. The summed E-state index contributed by atoms with van der Waals surface area (Å²) >= 11 is 0. The van der Waals surface area contributed by atoms with Crippen LogP contribution in [0.1, 0.15) is 40.7 Å². The maximum Gasteiger partial charge on any atom is 0.176 e. The highest BCUT2D eigenvalue weighted by molar-refractivity contribution is 5.97. The molecule has 0 heterocycles. The molecule has 1 aromatic rings. The van der Waals surface area contributed by atoms with Crippen LogP contribution in [-0.2, 0) is 12.8 Å². The number of Topliss-reactive ketones (excluding diaryl/α,β-unsaturated/α-hetero) is 1. The topological polar surface area (TPSA) is 49.3 Å². The summed E-state index contributed by atoms with van der Waals surface area (Å²) in [6.45, 7) is 1.21. The van der Waals surface area contributed by atoms with Gasteiger partial charge in [0.2, 0.25) is 0 Å². The van der Waals surface area contributed by atoms with E-state index in [1.807, 2.05) is 6.07 Å². The number of carbonyl (C=O) groups is 1. The van der Waals surface area contributed by atoms with Crippen LogP contribution in [0.2, 0.25) is 0 Å². The van der Waals surface area contributed by atoms with Gasteiger partial charge in [-0.15, -0.1) is 0 Å². The minimum atomic E-state index is 0.140. The lowest BCUT2D eigenvalue weighted by Crippen LogP contribution is -2.24. The summed E-state index contributed by atoms with van der Waals surface area (Å²) in [6, 6.07) is 6.11. The Morgan fingerprint density at radius 2 is 2.00 bits per heavy atom. The Bertz CT molecular complexity index is 415. The summed E-state index contributed by atoms with van der Waals surface area (Å²) in [6.07, 6.45) is 5.45. The van der Waals surface area contributed by atoms with Gasteiger partial charge in [0, 0.05) is 12.2 Å². The molecule has 2 rings (SSSR count). The Morgan fingerprint density at radius 1 is 1.22 bits per heavy atom. The van der Waals surface area contributed by atoms with Crippen LogP contribution < -0.4 is 5.32 Å². The molecule has 0 fully saturated rings. The number of ketones is 1. The van der Waals surface area contributed by atoms with Gasteiger partial charge in [0.1, 0.15) is 0 Å². The van der Waals surface area contributed by atoms with Gasteiger partial charge < -0.3 is 10.4 Å². The van der Waals surface area contributed by atoms with E-state index < -0.39 is 0 Å². The molecule has 98 valence electrons. The minimum Gasteiger partial charge on any atom is -0.396 e. The second kappa shape index (κ2) is 6.66. The van der Waals surface area contributed by atoms with Crippen LogP contribution in [0.4, 0.5) is 0 Å². The van der Waals surface area contributed by atoms with Crippen molar-refractivity contribution in [1.29, 1.82) is 0 Å². The van der Waals surface area contributed by atoms with E-state index in [0.717, 1.165) is 18.4 Å². The quantitative estimate of drug-likeness (QED) is 0.594. The van der Waals surface area contributed by atoms with Gasteiger partial charge in [-0.1, -0.05) is 12.1 Å². The highest BCUT2D eigenvalue weighted by atomic mass is 16.3. The van der Waals surface area contributed by atoms with E-state index in [0.29, 0.717) is 19.5 Å². The second-order valence-electron chi connectivity index (χ2n) is 4.87. The Kier molecular flexibility index (Phi) is 4.90. The smallest absolute Gasteiger partial charge is 0.176 e. The highest BCUT2D eigenvalue weighted by Gasteiger charge is 2.12. The zero-order valence-electron chi connectivity index (χ0n) is 10.7. The first-order valence-electron chi connectivity index (χ1n) is 6.78. The molecule has 2 N–H and O–H groups in total. The van der Waals surface area contributed by atoms with Gasteiger partial charge in [0.15, 0.2) is 5.78 Å². The van der Waals surface area contributed by atoms with Crippen molar-refractivity contribution in [2.24, 2.45) is 0 Å². The molecule has 1 aliphatic rings. The standard InChI is InChI=1S/C15H21NO2/c17-9-3-8-16-11-15(18)14-7-6-12-4-1-2-5-13(12)10-14/h6-7,10,16-17H,1-5,8-9,11H2. The van der Waals surface area contributed by atoms with E-state index in [1.54, 1.807) is 0 Å². The fraction of sp³-hybridized carbons (Fsp3) is 0.533. The monoisotopic (exact) mass is 247 g/mol. The van der Waals surface area contributed by atoms with Gasteiger partial charge in [0.05, 0.1) is 6.54 Å². The second-order valence-corrected chi connectivity index (χ2v) is 4.87. The van der Waals surface area contributed by atoms with Crippen LogP contribution in [0.15, 0.2) is 18.2 Å². The van der Waals surface area contributed by atoms with E-state index in [-0.39, 0.29) is 12.4 Å². The zero-order chi connectivity index (χ0) is 12.8. The number of aliphatic hydroxyl groups excluding tert-OH is 1. The zero-order valence-corrected chi connectivity index (χ0v) is 10.7. The van der Waals surface area contributed by atoms with Crippen LogP contribution in [0.3, 0.4) is 0 Å². The van der Waals surface area contributed by atoms with Crippen molar-refractivity contribution < 1.29 is 9.90 Å².